The molecular formula is C25H25N3O5S. The topological polar surface area (TPSA) is 88.2 Å². The Morgan fingerprint density at radius 1 is 1.06 bits per heavy atom. The number of hydrogen-bond donors (Lipinski definition) is 1. The standard InChI is InChI=1S/C25H25N3O5S/c29-23(19-5-3-4-18(12-19)15-27-9-1-2-10-27)26-8-11-28-24(30)22(34-25(28)31)14-17-6-7-20-21(13-17)33-16-32-20/h3-7,12-14H,1-2,8-11,15-16H2,(H,26,29)/b22-14+. The van der Waals surface area contributed by atoms with Crippen LogP contribution >= 0.6 is 11.8 Å². The van der Waals surface area contributed by atoms with Gasteiger partial charge in [-0.15, -0.1) is 0 Å². The van der Waals surface area contributed by atoms with Crippen molar-refractivity contribution in [2.75, 3.05) is 33.0 Å². The van der Waals surface area contributed by atoms with E-state index >= 15 is 0 Å². The first-order chi connectivity index (χ1) is 16.6. The minimum atomic E-state index is -0.366. The Hall–Kier alpha value is -3.30. The highest BCUT2D eigenvalue weighted by atomic mass is 32.2. The Balaban J connectivity index is 1.16. The number of thioether (sulfide) groups is 1. The highest BCUT2D eigenvalue weighted by Gasteiger charge is 2.34. The van der Waals surface area contributed by atoms with Crippen molar-refractivity contribution in [1.29, 1.82) is 0 Å². The fourth-order valence-electron chi connectivity index (χ4n) is 4.24. The van der Waals surface area contributed by atoms with E-state index in [0.717, 1.165) is 47.4 Å². The molecule has 3 aliphatic heterocycles. The average molecular weight is 480 g/mol. The molecule has 2 saturated heterocycles. The van der Waals surface area contributed by atoms with Crippen molar-refractivity contribution in [2.24, 2.45) is 0 Å². The van der Waals surface area contributed by atoms with Crippen LogP contribution in [0.5, 0.6) is 11.5 Å². The predicted molar refractivity (Wildman–Crippen MR) is 129 cm³/mol. The summed E-state index contributed by atoms with van der Waals surface area (Å²) in [6.45, 7) is 3.50. The third-order valence-electron chi connectivity index (χ3n) is 5.98. The van der Waals surface area contributed by atoms with E-state index in [9.17, 15) is 14.4 Å². The summed E-state index contributed by atoms with van der Waals surface area (Å²) in [4.78, 5) is 41.6. The second-order valence-electron chi connectivity index (χ2n) is 8.39. The Morgan fingerprint density at radius 2 is 1.88 bits per heavy atom. The van der Waals surface area contributed by atoms with Gasteiger partial charge in [-0.3, -0.25) is 24.2 Å². The van der Waals surface area contributed by atoms with Gasteiger partial charge < -0.3 is 14.8 Å². The number of imide groups is 1. The number of carbonyl (C=O) groups excluding carboxylic acids is 3. The van der Waals surface area contributed by atoms with Gasteiger partial charge in [0.15, 0.2) is 11.5 Å². The van der Waals surface area contributed by atoms with Gasteiger partial charge in [0.25, 0.3) is 17.1 Å². The number of amides is 3. The lowest BCUT2D eigenvalue weighted by atomic mass is 10.1. The zero-order valence-corrected chi connectivity index (χ0v) is 19.4. The van der Waals surface area contributed by atoms with Crippen LogP contribution in [-0.2, 0) is 11.3 Å². The SMILES string of the molecule is O=C(NCCN1C(=O)S/C(=C/c2ccc3c(c2)OCO3)C1=O)c1cccc(CN2CCCC2)c1. The fourth-order valence-corrected chi connectivity index (χ4v) is 5.11. The van der Waals surface area contributed by atoms with Crippen LogP contribution < -0.4 is 14.8 Å². The second-order valence-corrected chi connectivity index (χ2v) is 9.38. The molecule has 34 heavy (non-hydrogen) atoms. The van der Waals surface area contributed by atoms with Crippen LogP contribution in [0.2, 0.25) is 0 Å². The third kappa shape index (κ3) is 4.95. The molecule has 0 saturated carbocycles. The van der Waals surface area contributed by atoms with Gasteiger partial charge in [0.05, 0.1) is 4.91 Å². The van der Waals surface area contributed by atoms with Gasteiger partial charge in [-0.25, -0.2) is 0 Å². The first-order valence-electron chi connectivity index (χ1n) is 11.3. The van der Waals surface area contributed by atoms with Crippen LogP contribution in [-0.4, -0.2) is 59.8 Å². The number of fused-ring (bicyclic) bond motifs is 1. The molecule has 9 heteroatoms. The van der Waals surface area contributed by atoms with Crippen molar-refractivity contribution in [3.63, 3.8) is 0 Å². The molecule has 2 aromatic carbocycles. The third-order valence-corrected chi connectivity index (χ3v) is 6.89. The maximum Gasteiger partial charge on any atom is 0.293 e. The number of ether oxygens (including phenoxy) is 2. The minimum absolute atomic E-state index is 0.113. The molecule has 5 rings (SSSR count). The molecule has 0 unspecified atom stereocenters. The minimum Gasteiger partial charge on any atom is -0.454 e. The van der Waals surface area contributed by atoms with Crippen molar-refractivity contribution in [1.82, 2.24) is 15.1 Å². The molecule has 3 heterocycles. The van der Waals surface area contributed by atoms with Crippen molar-refractivity contribution >= 4 is 34.9 Å². The van der Waals surface area contributed by atoms with E-state index in [4.69, 9.17) is 9.47 Å². The molecule has 1 N–H and O–H groups in total. The lowest BCUT2D eigenvalue weighted by Gasteiger charge is -2.15. The van der Waals surface area contributed by atoms with E-state index in [2.05, 4.69) is 10.2 Å². The Bertz CT molecular complexity index is 1160. The molecule has 3 aliphatic rings. The zero-order chi connectivity index (χ0) is 23.5. The Kier molecular flexibility index (Phi) is 6.55. The molecule has 0 atom stereocenters. The predicted octanol–water partition coefficient (Wildman–Crippen LogP) is 3.48. The summed E-state index contributed by atoms with van der Waals surface area (Å²) in [7, 11) is 0. The zero-order valence-electron chi connectivity index (χ0n) is 18.6. The number of hydrogen-bond acceptors (Lipinski definition) is 7. The molecule has 176 valence electrons. The maximum atomic E-state index is 12.8. The van der Waals surface area contributed by atoms with Crippen molar-refractivity contribution in [2.45, 2.75) is 19.4 Å². The van der Waals surface area contributed by atoms with Crippen molar-refractivity contribution < 1.29 is 23.9 Å². The van der Waals surface area contributed by atoms with Gasteiger partial charge in [-0.1, -0.05) is 18.2 Å². The summed E-state index contributed by atoms with van der Waals surface area (Å²) in [5.74, 6) is 0.684. The highest BCUT2D eigenvalue weighted by Crippen LogP contribution is 2.36. The molecule has 0 aliphatic carbocycles. The first kappa shape index (κ1) is 22.5. The van der Waals surface area contributed by atoms with E-state index in [1.807, 2.05) is 18.2 Å². The van der Waals surface area contributed by atoms with Gasteiger partial charge in [0.2, 0.25) is 6.79 Å². The summed E-state index contributed by atoms with van der Waals surface area (Å²) in [5.41, 5.74) is 2.43. The van der Waals surface area contributed by atoms with Gasteiger partial charge in [-0.05, 0) is 79.2 Å². The molecule has 0 aromatic heterocycles. The lowest BCUT2D eigenvalue weighted by Crippen LogP contribution is -2.37. The summed E-state index contributed by atoms with van der Waals surface area (Å²) >= 11 is 0.891. The van der Waals surface area contributed by atoms with Crippen LogP contribution in [0.3, 0.4) is 0 Å². The van der Waals surface area contributed by atoms with Gasteiger partial charge in [-0.2, -0.15) is 0 Å². The molecule has 2 aromatic rings. The Labute approximate surface area is 201 Å². The first-order valence-corrected chi connectivity index (χ1v) is 12.1. The molecule has 2 fully saturated rings. The number of rotatable bonds is 7. The van der Waals surface area contributed by atoms with E-state index in [1.54, 1.807) is 30.3 Å². The van der Waals surface area contributed by atoms with Crippen LogP contribution in [0.15, 0.2) is 47.4 Å². The van der Waals surface area contributed by atoms with E-state index < -0.39 is 0 Å². The summed E-state index contributed by atoms with van der Waals surface area (Å²) in [6.07, 6.45) is 4.11. The lowest BCUT2D eigenvalue weighted by molar-refractivity contribution is -0.122. The fraction of sp³-hybridized carbons (Fsp3) is 0.320. The maximum absolute atomic E-state index is 12.8. The highest BCUT2D eigenvalue weighted by molar-refractivity contribution is 8.18. The van der Waals surface area contributed by atoms with Crippen molar-refractivity contribution in [3.8, 4) is 11.5 Å². The van der Waals surface area contributed by atoms with E-state index in [0.29, 0.717) is 22.0 Å². The normalized spacial score (nSPS) is 18.8. The molecule has 0 radical (unpaired) electrons. The number of carbonyl (C=O) groups is 3. The molecule has 8 nitrogen and oxygen atoms in total. The quantitative estimate of drug-likeness (QED) is 0.609. The van der Waals surface area contributed by atoms with Crippen LogP contribution in [0, 0.1) is 0 Å². The Morgan fingerprint density at radius 3 is 2.74 bits per heavy atom. The molecular weight excluding hydrogens is 454 g/mol. The summed E-state index contributed by atoms with van der Waals surface area (Å²) < 4.78 is 10.7. The second kappa shape index (κ2) is 9.90. The monoisotopic (exact) mass is 479 g/mol. The van der Waals surface area contributed by atoms with E-state index in [-0.39, 0.29) is 36.9 Å². The van der Waals surface area contributed by atoms with E-state index in [1.165, 1.54) is 12.8 Å². The number of nitrogens with zero attached hydrogens (tertiary/aromatic N) is 2. The van der Waals surface area contributed by atoms with Crippen LogP contribution in [0.25, 0.3) is 6.08 Å². The molecule has 0 bridgehead atoms. The van der Waals surface area contributed by atoms with Gasteiger partial charge in [0.1, 0.15) is 0 Å². The number of benzene rings is 2. The summed E-state index contributed by atoms with van der Waals surface area (Å²) in [6, 6.07) is 12.9. The van der Waals surface area contributed by atoms with Gasteiger partial charge in [0, 0.05) is 25.2 Å². The molecule has 0 spiro atoms. The van der Waals surface area contributed by atoms with Gasteiger partial charge >= 0.3 is 0 Å². The van der Waals surface area contributed by atoms with Crippen LogP contribution in [0.1, 0.15) is 34.3 Å². The number of nitrogens with one attached hydrogen (secondary N) is 1. The molecule has 3 amide bonds. The summed E-state index contributed by atoms with van der Waals surface area (Å²) in [5, 5.41) is 2.47. The average Bonchev–Trinajstić information content (AvgIpc) is 3.57. The van der Waals surface area contributed by atoms with Crippen LogP contribution in [0.4, 0.5) is 4.79 Å². The number of likely N-dealkylation sites (tertiary alicyclic amines) is 1. The largest absolute Gasteiger partial charge is 0.454 e. The van der Waals surface area contributed by atoms with Crippen molar-refractivity contribution in [3.05, 3.63) is 64.1 Å². The smallest absolute Gasteiger partial charge is 0.293 e.